The predicted octanol–water partition coefficient (Wildman–Crippen LogP) is 3.02. The third kappa shape index (κ3) is 2.70. The number of nitrogens with zero attached hydrogens (tertiary/aromatic N) is 1. The number of hydrogen-bond donors (Lipinski definition) is 1. The summed E-state index contributed by atoms with van der Waals surface area (Å²) in [6.45, 7) is 3.34. The number of ether oxygens (including phenoxy) is 1. The first-order valence-electron chi connectivity index (χ1n) is 8.04. The molecule has 4 rings (SSSR count). The Balaban J connectivity index is 1.32. The molecule has 0 unspecified atom stereocenters. The minimum Gasteiger partial charge on any atom is -0.381 e. The molecule has 118 valence electrons. The van der Waals surface area contributed by atoms with Gasteiger partial charge in [-0.15, -0.1) is 0 Å². The normalized spacial score (nSPS) is 33.4. The summed E-state index contributed by atoms with van der Waals surface area (Å²) in [4.78, 5) is 14.4. The zero-order chi connectivity index (χ0) is 15.2. The summed E-state index contributed by atoms with van der Waals surface area (Å²) in [7, 11) is 0. The van der Waals surface area contributed by atoms with Gasteiger partial charge < -0.3 is 15.0 Å². The molecule has 3 aliphatic rings. The molecule has 1 saturated carbocycles. The quantitative estimate of drug-likeness (QED) is 0.910. The Kier molecular flexibility index (Phi) is 3.54. The number of carbonyl (C=O) groups excluding carboxylic acids is 1. The smallest absolute Gasteiger partial charge is 0.317 e. The fourth-order valence-corrected chi connectivity index (χ4v) is 3.99. The highest BCUT2D eigenvalue weighted by molar-refractivity contribution is 6.30. The van der Waals surface area contributed by atoms with Crippen LogP contribution >= 0.6 is 11.6 Å². The average Bonchev–Trinajstić information content (AvgIpc) is 2.95. The summed E-state index contributed by atoms with van der Waals surface area (Å²) < 4.78 is 5.52. The Morgan fingerprint density at radius 3 is 3.09 bits per heavy atom. The van der Waals surface area contributed by atoms with E-state index >= 15 is 0 Å². The lowest BCUT2D eigenvalue weighted by molar-refractivity contribution is 0.152. The molecule has 0 radical (unpaired) electrons. The third-order valence-corrected chi connectivity index (χ3v) is 5.52. The van der Waals surface area contributed by atoms with Crippen molar-refractivity contribution in [3.8, 4) is 0 Å². The van der Waals surface area contributed by atoms with Crippen molar-refractivity contribution in [1.82, 2.24) is 10.2 Å². The minimum atomic E-state index is 0.0818. The van der Waals surface area contributed by atoms with E-state index in [4.69, 9.17) is 16.3 Å². The van der Waals surface area contributed by atoms with Gasteiger partial charge in [0.05, 0.1) is 6.61 Å². The lowest BCUT2D eigenvalue weighted by Crippen LogP contribution is -2.41. The maximum atomic E-state index is 12.4. The highest BCUT2D eigenvalue weighted by Crippen LogP contribution is 2.42. The van der Waals surface area contributed by atoms with Crippen LogP contribution in [-0.4, -0.2) is 43.3 Å². The molecule has 5 heteroatoms. The number of likely N-dealkylation sites (tertiary alicyclic amines) is 1. The summed E-state index contributed by atoms with van der Waals surface area (Å²) in [6, 6.07) is 8.27. The Labute approximate surface area is 135 Å². The first-order chi connectivity index (χ1) is 10.7. The Morgan fingerprint density at radius 1 is 1.41 bits per heavy atom. The number of amides is 2. The molecule has 1 aromatic rings. The summed E-state index contributed by atoms with van der Waals surface area (Å²) >= 11 is 6.04. The molecule has 3 fully saturated rings. The molecule has 1 spiro atoms. The standard InChI is InChI=1S/C17H21ClN2O2/c18-13-3-1-2-12(8-13)14-9-15(14)19-16(21)20-6-4-17(10-20)5-7-22-11-17/h1-3,8,14-15H,4-7,9-11H2,(H,19,21)/t14-,15-,17-/m1/s1. The van der Waals surface area contributed by atoms with E-state index in [1.54, 1.807) is 0 Å². The maximum absolute atomic E-state index is 12.4. The van der Waals surface area contributed by atoms with Crippen molar-refractivity contribution in [2.75, 3.05) is 26.3 Å². The molecule has 2 aliphatic heterocycles. The largest absolute Gasteiger partial charge is 0.381 e. The van der Waals surface area contributed by atoms with Crippen molar-refractivity contribution in [2.24, 2.45) is 5.41 Å². The van der Waals surface area contributed by atoms with Gasteiger partial charge >= 0.3 is 6.03 Å². The van der Waals surface area contributed by atoms with Gasteiger partial charge in [0.1, 0.15) is 0 Å². The van der Waals surface area contributed by atoms with Gasteiger partial charge in [-0.1, -0.05) is 23.7 Å². The number of benzene rings is 1. The summed E-state index contributed by atoms with van der Waals surface area (Å²) in [5.74, 6) is 0.411. The number of urea groups is 1. The highest BCUT2D eigenvalue weighted by Gasteiger charge is 2.45. The van der Waals surface area contributed by atoms with Gasteiger partial charge in [-0.05, 0) is 37.0 Å². The Bertz CT molecular complexity index is 586. The van der Waals surface area contributed by atoms with E-state index in [0.717, 1.165) is 50.6 Å². The van der Waals surface area contributed by atoms with E-state index in [2.05, 4.69) is 11.4 Å². The number of rotatable bonds is 2. The van der Waals surface area contributed by atoms with Gasteiger partial charge in [-0.25, -0.2) is 4.79 Å². The minimum absolute atomic E-state index is 0.0818. The van der Waals surface area contributed by atoms with Gasteiger partial charge in [-0.2, -0.15) is 0 Å². The van der Waals surface area contributed by atoms with E-state index in [0.29, 0.717) is 5.92 Å². The first kappa shape index (κ1) is 14.3. The van der Waals surface area contributed by atoms with E-state index in [-0.39, 0.29) is 17.5 Å². The molecule has 4 nitrogen and oxygen atoms in total. The molecular weight excluding hydrogens is 300 g/mol. The third-order valence-electron chi connectivity index (χ3n) is 5.29. The van der Waals surface area contributed by atoms with Crippen LogP contribution in [0.5, 0.6) is 0 Å². The monoisotopic (exact) mass is 320 g/mol. The molecule has 1 aliphatic carbocycles. The van der Waals surface area contributed by atoms with Crippen LogP contribution in [0.2, 0.25) is 5.02 Å². The van der Waals surface area contributed by atoms with Crippen molar-refractivity contribution >= 4 is 17.6 Å². The van der Waals surface area contributed by atoms with Crippen molar-refractivity contribution in [2.45, 2.75) is 31.2 Å². The second kappa shape index (κ2) is 5.43. The average molecular weight is 321 g/mol. The molecule has 0 aromatic heterocycles. The first-order valence-corrected chi connectivity index (χ1v) is 8.42. The van der Waals surface area contributed by atoms with Gasteiger partial charge in [0.25, 0.3) is 0 Å². The van der Waals surface area contributed by atoms with Crippen molar-refractivity contribution in [3.63, 3.8) is 0 Å². The summed E-state index contributed by atoms with van der Waals surface area (Å²) in [5, 5.41) is 3.93. The predicted molar refractivity (Wildman–Crippen MR) is 85.2 cm³/mol. The number of carbonyl (C=O) groups is 1. The molecule has 2 saturated heterocycles. The molecular formula is C17H21ClN2O2. The summed E-state index contributed by atoms with van der Waals surface area (Å²) in [5.41, 5.74) is 1.45. The van der Waals surface area contributed by atoms with Crippen LogP contribution in [0.1, 0.15) is 30.7 Å². The fourth-order valence-electron chi connectivity index (χ4n) is 3.79. The lowest BCUT2D eigenvalue weighted by Gasteiger charge is -2.22. The lowest BCUT2D eigenvalue weighted by atomic mass is 9.87. The molecule has 1 aromatic carbocycles. The second-order valence-corrected chi connectivity index (χ2v) is 7.36. The van der Waals surface area contributed by atoms with Crippen molar-refractivity contribution < 1.29 is 9.53 Å². The number of hydrogen-bond acceptors (Lipinski definition) is 2. The van der Waals surface area contributed by atoms with Crippen LogP contribution in [0.4, 0.5) is 4.79 Å². The zero-order valence-corrected chi connectivity index (χ0v) is 13.3. The van der Waals surface area contributed by atoms with E-state index in [9.17, 15) is 4.79 Å². The Hall–Kier alpha value is -1.26. The molecule has 0 bridgehead atoms. The van der Waals surface area contributed by atoms with Crippen LogP contribution in [0, 0.1) is 5.41 Å². The van der Waals surface area contributed by atoms with Gasteiger partial charge in [0.15, 0.2) is 0 Å². The highest BCUT2D eigenvalue weighted by atomic mass is 35.5. The van der Waals surface area contributed by atoms with Crippen LogP contribution in [-0.2, 0) is 4.74 Å². The van der Waals surface area contributed by atoms with Crippen LogP contribution in [0.15, 0.2) is 24.3 Å². The van der Waals surface area contributed by atoms with Crippen molar-refractivity contribution in [3.05, 3.63) is 34.9 Å². The van der Waals surface area contributed by atoms with E-state index in [1.807, 2.05) is 23.1 Å². The van der Waals surface area contributed by atoms with Crippen LogP contribution in [0.25, 0.3) is 0 Å². The van der Waals surface area contributed by atoms with Gasteiger partial charge in [0, 0.05) is 42.1 Å². The fraction of sp³-hybridized carbons (Fsp3) is 0.588. The van der Waals surface area contributed by atoms with Crippen LogP contribution in [0.3, 0.4) is 0 Å². The van der Waals surface area contributed by atoms with Crippen LogP contribution < -0.4 is 5.32 Å². The SMILES string of the molecule is O=C(N[C@@H]1C[C@@H]1c1cccc(Cl)c1)N1CC[C@@]2(CCOC2)C1. The van der Waals surface area contributed by atoms with Crippen molar-refractivity contribution in [1.29, 1.82) is 0 Å². The molecule has 3 atom stereocenters. The van der Waals surface area contributed by atoms with E-state index < -0.39 is 0 Å². The topological polar surface area (TPSA) is 41.6 Å². The molecule has 22 heavy (non-hydrogen) atoms. The van der Waals surface area contributed by atoms with Gasteiger partial charge in [-0.3, -0.25) is 0 Å². The molecule has 2 amide bonds. The second-order valence-electron chi connectivity index (χ2n) is 6.93. The molecule has 2 heterocycles. The number of halogens is 1. The maximum Gasteiger partial charge on any atom is 0.317 e. The zero-order valence-electron chi connectivity index (χ0n) is 12.6. The summed E-state index contributed by atoms with van der Waals surface area (Å²) in [6.07, 6.45) is 3.17. The Morgan fingerprint density at radius 2 is 2.32 bits per heavy atom. The van der Waals surface area contributed by atoms with Gasteiger partial charge in [0.2, 0.25) is 0 Å². The molecule has 1 N–H and O–H groups in total. The van der Waals surface area contributed by atoms with E-state index in [1.165, 1.54) is 5.56 Å². The number of nitrogens with one attached hydrogen (secondary N) is 1.